The quantitative estimate of drug-likeness (QED) is 0.878. The standard InChI is InChI=1S/C13H20N2O2S/c1-9-4-10(2)6-12(5-9)18(16,17)15-7-11(3)13(14)8-15/h4-6,11,13H,7-8,14H2,1-3H3. The molecule has 0 radical (unpaired) electrons. The van der Waals surface area contributed by atoms with Crippen molar-refractivity contribution in [1.82, 2.24) is 4.31 Å². The van der Waals surface area contributed by atoms with Crippen LogP contribution in [0.25, 0.3) is 0 Å². The van der Waals surface area contributed by atoms with Gasteiger partial charge in [0.05, 0.1) is 4.90 Å². The van der Waals surface area contributed by atoms with Gasteiger partial charge in [0, 0.05) is 19.1 Å². The van der Waals surface area contributed by atoms with Gasteiger partial charge in [0.2, 0.25) is 10.0 Å². The molecule has 0 bridgehead atoms. The normalized spacial score (nSPS) is 25.6. The summed E-state index contributed by atoms with van der Waals surface area (Å²) in [6.45, 7) is 6.73. The molecule has 1 saturated heterocycles. The lowest BCUT2D eigenvalue weighted by Gasteiger charge is -2.16. The van der Waals surface area contributed by atoms with Crippen molar-refractivity contribution in [3.05, 3.63) is 29.3 Å². The third kappa shape index (κ3) is 2.43. The maximum atomic E-state index is 12.5. The van der Waals surface area contributed by atoms with Crippen LogP contribution in [0.1, 0.15) is 18.1 Å². The van der Waals surface area contributed by atoms with E-state index in [1.807, 2.05) is 26.8 Å². The lowest BCUT2D eigenvalue weighted by molar-refractivity contribution is 0.464. The Kier molecular flexibility index (Phi) is 3.49. The number of rotatable bonds is 2. The maximum Gasteiger partial charge on any atom is 0.243 e. The number of sulfonamides is 1. The Labute approximate surface area is 109 Å². The molecule has 0 amide bonds. The average molecular weight is 268 g/mol. The second-order valence-electron chi connectivity index (χ2n) is 5.29. The topological polar surface area (TPSA) is 63.4 Å². The molecule has 5 heteroatoms. The molecule has 1 heterocycles. The third-order valence-electron chi connectivity index (χ3n) is 3.47. The van der Waals surface area contributed by atoms with Crippen LogP contribution in [-0.2, 0) is 10.0 Å². The zero-order valence-corrected chi connectivity index (χ0v) is 11.9. The van der Waals surface area contributed by atoms with Crippen LogP contribution in [0.3, 0.4) is 0 Å². The molecule has 1 aromatic carbocycles. The number of nitrogens with two attached hydrogens (primary N) is 1. The second kappa shape index (κ2) is 4.64. The van der Waals surface area contributed by atoms with Crippen molar-refractivity contribution < 1.29 is 8.42 Å². The molecule has 2 unspecified atom stereocenters. The van der Waals surface area contributed by atoms with E-state index in [2.05, 4.69) is 0 Å². The number of hydrogen-bond acceptors (Lipinski definition) is 3. The van der Waals surface area contributed by atoms with Gasteiger partial charge in [-0.05, 0) is 43.0 Å². The lowest BCUT2D eigenvalue weighted by atomic mass is 10.1. The van der Waals surface area contributed by atoms with E-state index in [-0.39, 0.29) is 12.0 Å². The third-order valence-corrected chi connectivity index (χ3v) is 5.28. The molecule has 2 rings (SSSR count). The molecule has 0 saturated carbocycles. The van der Waals surface area contributed by atoms with Crippen molar-refractivity contribution >= 4 is 10.0 Å². The van der Waals surface area contributed by atoms with E-state index in [1.165, 1.54) is 4.31 Å². The van der Waals surface area contributed by atoms with Gasteiger partial charge < -0.3 is 5.73 Å². The first kappa shape index (κ1) is 13.5. The second-order valence-corrected chi connectivity index (χ2v) is 7.22. The summed E-state index contributed by atoms with van der Waals surface area (Å²) in [4.78, 5) is 0.376. The van der Waals surface area contributed by atoms with Crippen LogP contribution in [0, 0.1) is 19.8 Å². The summed E-state index contributed by atoms with van der Waals surface area (Å²) in [6, 6.07) is 5.34. The number of nitrogens with zero attached hydrogens (tertiary/aromatic N) is 1. The predicted molar refractivity (Wildman–Crippen MR) is 71.8 cm³/mol. The molecule has 1 aliphatic heterocycles. The van der Waals surface area contributed by atoms with Crippen molar-refractivity contribution in [3.63, 3.8) is 0 Å². The Balaban J connectivity index is 2.37. The highest BCUT2D eigenvalue weighted by molar-refractivity contribution is 7.89. The molecule has 2 N–H and O–H groups in total. The summed E-state index contributed by atoms with van der Waals surface area (Å²) in [5.74, 6) is 0.214. The van der Waals surface area contributed by atoms with Crippen LogP contribution in [0.15, 0.2) is 23.1 Å². The minimum atomic E-state index is -3.40. The Morgan fingerprint density at radius 1 is 1.17 bits per heavy atom. The fourth-order valence-corrected chi connectivity index (χ4v) is 4.14. The van der Waals surface area contributed by atoms with Crippen LogP contribution < -0.4 is 5.73 Å². The Morgan fingerprint density at radius 2 is 1.72 bits per heavy atom. The van der Waals surface area contributed by atoms with Crippen LogP contribution in [0.4, 0.5) is 0 Å². The molecule has 4 nitrogen and oxygen atoms in total. The molecule has 0 aliphatic carbocycles. The van der Waals surface area contributed by atoms with Crippen molar-refractivity contribution in [1.29, 1.82) is 0 Å². The largest absolute Gasteiger partial charge is 0.326 e. The fourth-order valence-electron chi connectivity index (χ4n) is 2.37. The summed E-state index contributed by atoms with van der Waals surface area (Å²) in [6.07, 6.45) is 0. The van der Waals surface area contributed by atoms with E-state index in [0.29, 0.717) is 18.0 Å². The highest BCUT2D eigenvalue weighted by Crippen LogP contribution is 2.24. The van der Waals surface area contributed by atoms with Gasteiger partial charge in [-0.3, -0.25) is 0 Å². The molecule has 1 fully saturated rings. The van der Waals surface area contributed by atoms with E-state index in [9.17, 15) is 8.42 Å². The zero-order valence-electron chi connectivity index (χ0n) is 11.1. The Bertz CT molecular complexity index is 524. The molecular weight excluding hydrogens is 248 g/mol. The highest BCUT2D eigenvalue weighted by atomic mass is 32.2. The number of aryl methyl sites for hydroxylation is 2. The molecule has 100 valence electrons. The van der Waals surface area contributed by atoms with Crippen LogP contribution in [0.2, 0.25) is 0 Å². The van der Waals surface area contributed by atoms with E-state index >= 15 is 0 Å². The number of benzene rings is 1. The van der Waals surface area contributed by atoms with Gasteiger partial charge in [-0.1, -0.05) is 13.0 Å². The van der Waals surface area contributed by atoms with Gasteiger partial charge >= 0.3 is 0 Å². The zero-order chi connectivity index (χ0) is 13.5. The van der Waals surface area contributed by atoms with Gasteiger partial charge in [-0.2, -0.15) is 4.31 Å². The smallest absolute Gasteiger partial charge is 0.243 e. The van der Waals surface area contributed by atoms with Crippen molar-refractivity contribution in [2.24, 2.45) is 11.7 Å². The number of hydrogen-bond donors (Lipinski definition) is 1. The lowest BCUT2D eigenvalue weighted by Crippen LogP contribution is -2.32. The van der Waals surface area contributed by atoms with Crippen molar-refractivity contribution in [3.8, 4) is 0 Å². The average Bonchev–Trinajstić information content (AvgIpc) is 2.58. The van der Waals surface area contributed by atoms with Crippen LogP contribution >= 0.6 is 0 Å². The minimum absolute atomic E-state index is 0.0642. The summed E-state index contributed by atoms with van der Waals surface area (Å²) in [5.41, 5.74) is 7.82. The fraction of sp³-hybridized carbons (Fsp3) is 0.538. The molecule has 18 heavy (non-hydrogen) atoms. The SMILES string of the molecule is Cc1cc(C)cc(S(=O)(=O)N2CC(C)C(N)C2)c1. The van der Waals surface area contributed by atoms with Gasteiger partial charge in [0.1, 0.15) is 0 Å². The molecule has 1 aliphatic rings. The molecule has 1 aromatic rings. The first-order valence-corrected chi connectivity index (χ1v) is 7.59. The first-order valence-electron chi connectivity index (χ1n) is 6.15. The molecule has 2 atom stereocenters. The van der Waals surface area contributed by atoms with Gasteiger partial charge in [0.15, 0.2) is 0 Å². The molecule has 0 aromatic heterocycles. The van der Waals surface area contributed by atoms with Crippen LogP contribution in [0.5, 0.6) is 0 Å². The van der Waals surface area contributed by atoms with E-state index in [0.717, 1.165) is 11.1 Å². The van der Waals surface area contributed by atoms with Crippen molar-refractivity contribution in [2.75, 3.05) is 13.1 Å². The first-order chi connectivity index (χ1) is 8.30. The Hall–Kier alpha value is -0.910. The van der Waals surface area contributed by atoms with Gasteiger partial charge in [0.25, 0.3) is 0 Å². The van der Waals surface area contributed by atoms with E-state index in [4.69, 9.17) is 5.73 Å². The maximum absolute atomic E-state index is 12.5. The van der Waals surface area contributed by atoms with Gasteiger partial charge in [-0.25, -0.2) is 8.42 Å². The van der Waals surface area contributed by atoms with Crippen molar-refractivity contribution in [2.45, 2.75) is 31.7 Å². The monoisotopic (exact) mass is 268 g/mol. The Morgan fingerprint density at radius 3 is 2.17 bits per heavy atom. The summed E-state index contributed by atoms with van der Waals surface area (Å²) in [5, 5.41) is 0. The highest BCUT2D eigenvalue weighted by Gasteiger charge is 2.35. The summed E-state index contributed by atoms with van der Waals surface area (Å²) in [7, 11) is -3.40. The van der Waals surface area contributed by atoms with Crippen LogP contribution in [-0.4, -0.2) is 31.9 Å². The summed E-state index contributed by atoms with van der Waals surface area (Å²) >= 11 is 0. The minimum Gasteiger partial charge on any atom is -0.326 e. The predicted octanol–water partition coefficient (Wildman–Crippen LogP) is 1.27. The van der Waals surface area contributed by atoms with E-state index in [1.54, 1.807) is 12.1 Å². The molecular formula is C13H20N2O2S. The van der Waals surface area contributed by atoms with E-state index < -0.39 is 10.0 Å². The summed E-state index contributed by atoms with van der Waals surface area (Å²) < 4.78 is 26.5. The van der Waals surface area contributed by atoms with Gasteiger partial charge in [-0.15, -0.1) is 0 Å². The molecule has 0 spiro atoms.